The molecular formula is C7H15O3S. The van der Waals surface area contributed by atoms with Crippen LogP contribution in [0.2, 0.25) is 0 Å². The van der Waals surface area contributed by atoms with Crippen LogP contribution in [0.5, 0.6) is 0 Å². The molecular weight excluding hydrogens is 164 g/mol. The van der Waals surface area contributed by atoms with E-state index in [2.05, 4.69) is 13.8 Å². The van der Waals surface area contributed by atoms with Gasteiger partial charge in [-0.05, 0) is 25.2 Å². The maximum absolute atomic E-state index is 10.2. The Morgan fingerprint density at radius 2 is 2.00 bits per heavy atom. The molecule has 11 heavy (non-hydrogen) atoms. The zero-order chi connectivity index (χ0) is 8.91. The van der Waals surface area contributed by atoms with Gasteiger partial charge in [0.15, 0.2) is 0 Å². The highest BCUT2D eigenvalue weighted by Gasteiger charge is 2.03. The molecule has 0 spiro atoms. The van der Waals surface area contributed by atoms with E-state index in [1.165, 1.54) is 0 Å². The maximum atomic E-state index is 10.2. The molecule has 0 aromatic rings. The van der Waals surface area contributed by atoms with Crippen molar-refractivity contribution in [2.75, 3.05) is 5.75 Å². The van der Waals surface area contributed by atoms with Crippen LogP contribution < -0.4 is 0 Å². The van der Waals surface area contributed by atoms with Gasteiger partial charge in [-0.2, -0.15) is 8.42 Å². The second kappa shape index (κ2) is 4.72. The van der Waals surface area contributed by atoms with Crippen molar-refractivity contribution >= 4 is 10.1 Å². The van der Waals surface area contributed by atoms with Gasteiger partial charge in [-0.3, -0.25) is 4.55 Å². The van der Waals surface area contributed by atoms with Gasteiger partial charge in [-0.1, -0.05) is 13.8 Å². The van der Waals surface area contributed by atoms with Crippen LogP contribution in [0, 0.1) is 12.3 Å². The molecule has 67 valence electrons. The Labute approximate surface area is 68.6 Å². The fraction of sp³-hybridized carbons (Fsp3) is 0.857. The van der Waals surface area contributed by atoms with Gasteiger partial charge in [-0.25, -0.2) is 0 Å². The minimum absolute atomic E-state index is 0.153. The summed E-state index contributed by atoms with van der Waals surface area (Å²) < 4.78 is 28.8. The van der Waals surface area contributed by atoms with Crippen LogP contribution in [0.1, 0.15) is 26.7 Å². The zero-order valence-electron chi connectivity index (χ0n) is 6.95. The highest BCUT2D eigenvalue weighted by molar-refractivity contribution is 7.85. The lowest BCUT2D eigenvalue weighted by Crippen LogP contribution is -2.04. The Morgan fingerprint density at radius 3 is 2.36 bits per heavy atom. The summed E-state index contributed by atoms with van der Waals surface area (Å²) in [5, 5.41) is 0. The summed E-state index contributed by atoms with van der Waals surface area (Å²) in [6, 6.07) is 0. The van der Waals surface area contributed by atoms with Crippen molar-refractivity contribution in [3.63, 3.8) is 0 Å². The van der Waals surface area contributed by atoms with Crippen LogP contribution in [0.15, 0.2) is 0 Å². The number of unbranched alkanes of at least 4 members (excludes halogenated alkanes) is 1. The van der Waals surface area contributed by atoms with Crippen LogP contribution >= 0.6 is 0 Å². The van der Waals surface area contributed by atoms with Crippen molar-refractivity contribution in [1.82, 2.24) is 0 Å². The van der Waals surface area contributed by atoms with Gasteiger partial charge >= 0.3 is 0 Å². The molecule has 0 unspecified atom stereocenters. The molecule has 0 amide bonds. The van der Waals surface area contributed by atoms with E-state index in [0.29, 0.717) is 12.3 Å². The molecule has 0 aromatic heterocycles. The van der Waals surface area contributed by atoms with Crippen LogP contribution in [0.4, 0.5) is 0 Å². The van der Waals surface area contributed by atoms with Gasteiger partial charge in [0.2, 0.25) is 0 Å². The molecule has 0 aliphatic heterocycles. The van der Waals surface area contributed by atoms with E-state index in [0.717, 1.165) is 6.42 Å². The third-order valence-corrected chi connectivity index (χ3v) is 1.97. The third-order valence-electron chi connectivity index (χ3n) is 1.22. The van der Waals surface area contributed by atoms with Crippen LogP contribution in [-0.2, 0) is 10.1 Å². The fourth-order valence-corrected chi connectivity index (χ4v) is 1.15. The van der Waals surface area contributed by atoms with E-state index in [9.17, 15) is 8.42 Å². The Balaban J connectivity index is 3.30. The standard InChI is InChI=1S/C7H15O3S/c1-7(2)5-3-4-6-11(8,9)10/h3,7H,4-6H2,1-2H3,(H,8,9,10). The Bertz CT molecular complexity index is 182. The molecule has 0 aliphatic rings. The van der Waals surface area contributed by atoms with Crippen molar-refractivity contribution in [1.29, 1.82) is 0 Å². The van der Waals surface area contributed by atoms with E-state index >= 15 is 0 Å². The lowest BCUT2D eigenvalue weighted by Gasteiger charge is -2.01. The second-order valence-corrected chi connectivity index (χ2v) is 4.57. The third kappa shape index (κ3) is 9.91. The summed E-state index contributed by atoms with van der Waals surface area (Å²) >= 11 is 0. The molecule has 0 rings (SSSR count). The minimum Gasteiger partial charge on any atom is -0.286 e. The molecule has 0 bridgehead atoms. The quantitative estimate of drug-likeness (QED) is 0.514. The summed E-state index contributed by atoms with van der Waals surface area (Å²) in [7, 11) is -3.75. The van der Waals surface area contributed by atoms with E-state index in [1.54, 1.807) is 0 Å². The monoisotopic (exact) mass is 179 g/mol. The lowest BCUT2D eigenvalue weighted by atomic mass is 10.1. The molecule has 1 radical (unpaired) electrons. The van der Waals surface area contributed by atoms with Crippen molar-refractivity contribution in [2.24, 2.45) is 5.92 Å². The molecule has 0 fully saturated rings. The lowest BCUT2D eigenvalue weighted by molar-refractivity contribution is 0.481. The average molecular weight is 179 g/mol. The predicted octanol–water partition coefficient (Wildman–Crippen LogP) is 1.51. The van der Waals surface area contributed by atoms with Crippen LogP contribution in [0.3, 0.4) is 0 Å². The molecule has 1 N–H and O–H groups in total. The predicted molar refractivity (Wildman–Crippen MR) is 44.8 cm³/mol. The first-order valence-corrected chi connectivity index (χ1v) is 5.29. The average Bonchev–Trinajstić information content (AvgIpc) is 1.78. The zero-order valence-corrected chi connectivity index (χ0v) is 7.76. The maximum Gasteiger partial charge on any atom is 0.264 e. The minimum atomic E-state index is -3.75. The molecule has 4 heteroatoms. The normalized spacial score (nSPS) is 12.4. The molecule has 0 aromatic carbocycles. The highest BCUT2D eigenvalue weighted by Crippen LogP contribution is 2.05. The summed E-state index contributed by atoms with van der Waals surface area (Å²) in [6.07, 6.45) is 3.23. The number of rotatable bonds is 5. The van der Waals surface area contributed by atoms with E-state index in [-0.39, 0.29) is 5.75 Å². The molecule has 0 saturated heterocycles. The van der Waals surface area contributed by atoms with Crippen molar-refractivity contribution in [3.8, 4) is 0 Å². The van der Waals surface area contributed by atoms with Crippen molar-refractivity contribution < 1.29 is 13.0 Å². The SMILES string of the molecule is CC(C)C[CH]CCS(=O)(=O)O. The summed E-state index contributed by atoms with van der Waals surface area (Å²) in [5.41, 5.74) is 0. The van der Waals surface area contributed by atoms with Crippen LogP contribution in [-0.4, -0.2) is 18.7 Å². The van der Waals surface area contributed by atoms with Gasteiger partial charge in [0, 0.05) is 0 Å². The Kier molecular flexibility index (Phi) is 4.68. The smallest absolute Gasteiger partial charge is 0.264 e. The van der Waals surface area contributed by atoms with Gasteiger partial charge in [0.05, 0.1) is 5.75 Å². The first-order valence-electron chi connectivity index (χ1n) is 3.68. The number of hydrogen-bond acceptors (Lipinski definition) is 2. The van der Waals surface area contributed by atoms with Gasteiger partial charge in [-0.15, -0.1) is 0 Å². The molecule has 3 nitrogen and oxygen atoms in total. The van der Waals surface area contributed by atoms with Crippen LogP contribution in [0.25, 0.3) is 0 Å². The van der Waals surface area contributed by atoms with E-state index in [4.69, 9.17) is 4.55 Å². The van der Waals surface area contributed by atoms with Crippen molar-refractivity contribution in [2.45, 2.75) is 26.7 Å². The summed E-state index contributed by atoms with van der Waals surface area (Å²) in [4.78, 5) is 0. The number of hydrogen-bond donors (Lipinski definition) is 1. The molecule has 0 heterocycles. The Morgan fingerprint density at radius 1 is 1.45 bits per heavy atom. The largest absolute Gasteiger partial charge is 0.286 e. The summed E-state index contributed by atoms with van der Waals surface area (Å²) in [6.45, 7) is 4.12. The fourth-order valence-electron chi connectivity index (χ4n) is 0.683. The second-order valence-electron chi connectivity index (χ2n) is 2.99. The first kappa shape index (κ1) is 10.9. The first-order chi connectivity index (χ1) is 4.92. The summed E-state index contributed by atoms with van der Waals surface area (Å²) in [5.74, 6) is 0.399. The topological polar surface area (TPSA) is 54.4 Å². The van der Waals surface area contributed by atoms with Gasteiger partial charge in [0.1, 0.15) is 0 Å². The van der Waals surface area contributed by atoms with Crippen molar-refractivity contribution in [3.05, 3.63) is 6.42 Å². The van der Waals surface area contributed by atoms with Gasteiger partial charge < -0.3 is 0 Å². The molecule has 0 atom stereocenters. The molecule has 0 saturated carbocycles. The highest BCUT2D eigenvalue weighted by atomic mass is 32.2. The molecule has 0 aliphatic carbocycles. The van der Waals surface area contributed by atoms with E-state index in [1.807, 2.05) is 6.42 Å². The Hall–Kier alpha value is -0.0900. The van der Waals surface area contributed by atoms with Gasteiger partial charge in [0.25, 0.3) is 10.1 Å². The van der Waals surface area contributed by atoms with E-state index < -0.39 is 10.1 Å².